The van der Waals surface area contributed by atoms with Crippen molar-refractivity contribution in [3.8, 4) is 0 Å². The van der Waals surface area contributed by atoms with Crippen molar-refractivity contribution in [2.75, 3.05) is 13.2 Å². The minimum Gasteiger partial charge on any atom is -0.466 e. The Morgan fingerprint density at radius 1 is 0.312 bits per heavy atom. The average Bonchev–Trinajstić information content (AvgIpc) is 3.43. The van der Waals surface area contributed by atoms with Crippen molar-refractivity contribution < 1.29 is 24.5 Å². The molecule has 460 valence electrons. The second-order valence-corrected chi connectivity index (χ2v) is 24.9. The van der Waals surface area contributed by atoms with E-state index in [0.29, 0.717) is 25.9 Å². The van der Waals surface area contributed by atoms with Gasteiger partial charge in [0.2, 0.25) is 5.91 Å². The molecule has 0 saturated carbocycles. The van der Waals surface area contributed by atoms with Crippen LogP contribution in [-0.2, 0) is 14.3 Å². The van der Waals surface area contributed by atoms with Gasteiger partial charge in [-0.1, -0.05) is 380 Å². The molecule has 0 heterocycles. The molecule has 0 saturated heterocycles. The van der Waals surface area contributed by atoms with E-state index in [1.165, 1.54) is 347 Å². The number of unbranched alkanes of at least 4 members (excludes halogenated alkanes) is 57. The van der Waals surface area contributed by atoms with E-state index in [9.17, 15) is 19.8 Å². The highest BCUT2D eigenvalue weighted by Gasteiger charge is 2.20. The highest BCUT2D eigenvalue weighted by molar-refractivity contribution is 5.76. The number of aliphatic hydroxyl groups is 2. The molecule has 2 atom stereocenters. The van der Waals surface area contributed by atoms with Gasteiger partial charge in [0.15, 0.2) is 0 Å². The average molecular weight is 1090 g/mol. The predicted octanol–water partition coefficient (Wildman–Crippen LogP) is 23.0. The number of hydrogen-bond acceptors (Lipinski definition) is 5. The number of amides is 1. The third-order valence-corrected chi connectivity index (χ3v) is 17.2. The predicted molar refractivity (Wildman–Crippen MR) is 338 cm³/mol. The Balaban J connectivity index is 3.37. The van der Waals surface area contributed by atoms with Gasteiger partial charge < -0.3 is 20.3 Å². The van der Waals surface area contributed by atoms with Crippen LogP contribution in [0.5, 0.6) is 0 Å². The van der Waals surface area contributed by atoms with Crippen molar-refractivity contribution in [1.82, 2.24) is 5.32 Å². The molecule has 0 radical (unpaired) electrons. The van der Waals surface area contributed by atoms with E-state index in [1.54, 1.807) is 0 Å². The van der Waals surface area contributed by atoms with Gasteiger partial charge in [-0.3, -0.25) is 9.59 Å². The molecule has 1 amide bonds. The third kappa shape index (κ3) is 63.9. The molecular weight excluding hydrogens is 947 g/mol. The normalized spacial score (nSPS) is 12.4. The van der Waals surface area contributed by atoms with Gasteiger partial charge in [-0.2, -0.15) is 0 Å². The molecule has 77 heavy (non-hydrogen) atoms. The zero-order valence-corrected chi connectivity index (χ0v) is 52.7. The van der Waals surface area contributed by atoms with Gasteiger partial charge in [-0.25, -0.2) is 0 Å². The summed E-state index contributed by atoms with van der Waals surface area (Å²) in [7, 11) is 0. The minimum absolute atomic E-state index is 0.0164. The van der Waals surface area contributed by atoms with Gasteiger partial charge in [0.1, 0.15) is 0 Å². The highest BCUT2D eigenvalue weighted by atomic mass is 16.5. The van der Waals surface area contributed by atoms with Gasteiger partial charge in [-0.05, 0) is 25.7 Å². The van der Waals surface area contributed by atoms with Crippen LogP contribution in [0.15, 0.2) is 0 Å². The molecule has 6 heteroatoms. The number of carbonyl (C=O) groups excluding carboxylic acids is 2. The maximum atomic E-state index is 12.6. The summed E-state index contributed by atoms with van der Waals surface area (Å²) in [5.41, 5.74) is 0. The molecule has 6 nitrogen and oxygen atoms in total. The molecule has 0 aliphatic heterocycles. The molecule has 0 aromatic carbocycles. The number of rotatable bonds is 68. The number of ether oxygens (including phenoxy) is 1. The first-order valence-electron chi connectivity index (χ1n) is 35.8. The molecule has 0 aliphatic carbocycles. The van der Waals surface area contributed by atoms with Crippen LogP contribution in [0, 0.1) is 0 Å². The minimum atomic E-state index is -0.666. The zero-order chi connectivity index (χ0) is 55.7. The van der Waals surface area contributed by atoms with E-state index < -0.39 is 12.1 Å². The maximum Gasteiger partial charge on any atom is 0.305 e. The Hall–Kier alpha value is -1.14. The number of carbonyl (C=O) groups is 2. The Labute approximate surface area is 483 Å². The lowest BCUT2D eigenvalue weighted by Crippen LogP contribution is -2.45. The number of nitrogens with one attached hydrogen (secondary N) is 1. The number of aliphatic hydroxyl groups excluding tert-OH is 2. The molecule has 0 bridgehead atoms. The monoisotopic (exact) mass is 1090 g/mol. The maximum absolute atomic E-state index is 12.6. The number of hydrogen-bond donors (Lipinski definition) is 3. The second kappa shape index (κ2) is 67.4. The van der Waals surface area contributed by atoms with E-state index in [1.807, 2.05) is 0 Å². The molecule has 3 N–H and O–H groups in total. The first kappa shape index (κ1) is 75.9. The van der Waals surface area contributed by atoms with Crippen LogP contribution in [-0.4, -0.2) is 47.4 Å². The summed E-state index contributed by atoms with van der Waals surface area (Å²) in [4.78, 5) is 24.7. The van der Waals surface area contributed by atoms with E-state index >= 15 is 0 Å². The summed E-state index contributed by atoms with van der Waals surface area (Å²) < 4.78 is 5.51. The van der Waals surface area contributed by atoms with Gasteiger partial charge in [0.25, 0.3) is 0 Å². The van der Waals surface area contributed by atoms with Crippen LogP contribution in [0.25, 0.3) is 0 Å². The summed E-state index contributed by atoms with van der Waals surface area (Å²) >= 11 is 0. The molecule has 2 unspecified atom stereocenters. The van der Waals surface area contributed by atoms with Crippen LogP contribution < -0.4 is 5.32 Å². The van der Waals surface area contributed by atoms with E-state index in [4.69, 9.17) is 4.74 Å². The van der Waals surface area contributed by atoms with Crippen LogP contribution in [0.1, 0.15) is 418 Å². The first-order valence-corrected chi connectivity index (χ1v) is 35.8. The Morgan fingerprint density at radius 2 is 0.532 bits per heavy atom. The van der Waals surface area contributed by atoms with E-state index in [0.717, 1.165) is 38.5 Å². The van der Waals surface area contributed by atoms with Crippen LogP contribution in [0.3, 0.4) is 0 Å². The summed E-state index contributed by atoms with van der Waals surface area (Å²) in [5.74, 6) is -0.0145. The molecule has 0 aromatic heterocycles. The smallest absolute Gasteiger partial charge is 0.305 e. The SMILES string of the molecule is CCCCCCCCCCCCCCCCCCCCCCCCCC(O)C(CO)NC(=O)CCCCCCCCCCCCCCCCCCCCCCOC(=O)CCCCCCCCCCCCCCCCCCC. The zero-order valence-electron chi connectivity index (χ0n) is 52.7. The van der Waals surface area contributed by atoms with Crippen LogP contribution in [0.4, 0.5) is 0 Å². The molecule has 0 aromatic rings. The quantitative estimate of drug-likeness (QED) is 0.0417. The molecule has 0 spiro atoms. The first-order chi connectivity index (χ1) is 38.0. The Kier molecular flexibility index (Phi) is 66.4. The third-order valence-electron chi connectivity index (χ3n) is 17.2. The fraction of sp³-hybridized carbons (Fsp3) is 0.972. The Bertz CT molecular complexity index is 1120. The van der Waals surface area contributed by atoms with Crippen molar-refractivity contribution in [2.45, 2.75) is 431 Å². The molecular formula is C71H141NO5. The van der Waals surface area contributed by atoms with E-state index in [2.05, 4.69) is 19.2 Å². The van der Waals surface area contributed by atoms with Gasteiger partial charge >= 0.3 is 5.97 Å². The fourth-order valence-corrected chi connectivity index (χ4v) is 11.7. The highest BCUT2D eigenvalue weighted by Crippen LogP contribution is 2.20. The van der Waals surface area contributed by atoms with Crippen molar-refractivity contribution in [3.05, 3.63) is 0 Å². The topological polar surface area (TPSA) is 95.9 Å². The summed E-state index contributed by atoms with van der Waals surface area (Å²) in [6.07, 6.45) is 81.4. The molecule has 0 aliphatic rings. The van der Waals surface area contributed by atoms with Crippen molar-refractivity contribution in [2.24, 2.45) is 0 Å². The van der Waals surface area contributed by atoms with E-state index in [-0.39, 0.29) is 18.5 Å². The van der Waals surface area contributed by atoms with Crippen molar-refractivity contribution in [3.63, 3.8) is 0 Å². The number of esters is 1. The lowest BCUT2D eigenvalue weighted by Gasteiger charge is -2.22. The van der Waals surface area contributed by atoms with Gasteiger partial charge in [0, 0.05) is 12.8 Å². The summed E-state index contributed by atoms with van der Waals surface area (Å²) in [6.45, 7) is 5.00. The van der Waals surface area contributed by atoms with Crippen molar-refractivity contribution >= 4 is 11.9 Å². The van der Waals surface area contributed by atoms with Gasteiger partial charge in [0.05, 0.1) is 25.4 Å². The van der Waals surface area contributed by atoms with Gasteiger partial charge in [-0.15, -0.1) is 0 Å². The summed E-state index contributed by atoms with van der Waals surface area (Å²) in [5, 5.41) is 23.4. The van der Waals surface area contributed by atoms with Crippen molar-refractivity contribution in [1.29, 1.82) is 0 Å². The largest absolute Gasteiger partial charge is 0.466 e. The molecule has 0 rings (SSSR count). The Morgan fingerprint density at radius 3 is 0.792 bits per heavy atom. The summed E-state index contributed by atoms with van der Waals surface area (Å²) in [6, 6.07) is -0.543. The van der Waals surface area contributed by atoms with Crippen LogP contribution in [0.2, 0.25) is 0 Å². The fourth-order valence-electron chi connectivity index (χ4n) is 11.7. The molecule has 0 fully saturated rings. The lowest BCUT2D eigenvalue weighted by molar-refractivity contribution is -0.143. The standard InChI is InChI=1S/C71H141NO5/c1-3-5-7-9-11-13-15-17-19-21-22-23-24-25-28-32-35-39-43-47-51-55-59-63-69(74)68(67-73)72-70(75)64-60-56-52-48-44-40-36-33-29-26-27-30-34-38-42-46-50-54-58-62-66-77-71(76)65-61-57-53-49-45-41-37-31-20-18-16-14-12-10-8-6-4-2/h68-69,73-74H,3-67H2,1-2H3,(H,72,75). The van der Waals surface area contributed by atoms with Crippen LogP contribution >= 0.6 is 0 Å². The second-order valence-electron chi connectivity index (χ2n) is 24.9. The lowest BCUT2D eigenvalue weighted by atomic mass is 10.0.